The summed E-state index contributed by atoms with van der Waals surface area (Å²) in [6.45, 7) is 6.86. The van der Waals surface area contributed by atoms with Gasteiger partial charge in [-0.2, -0.15) is 0 Å². The summed E-state index contributed by atoms with van der Waals surface area (Å²) in [5.41, 5.74) is 5.77. The van der Waals surface area contributed by atoms with Crippen molar-refractivity contribution in [1.29, 1.82) is 0 Å². The average molecular weight is 252 g/mol. The Labute approximate surface area is 109 Å². The number of unbranched alkanes of at least 4 members (excludes halogenated alkanes) is 1. The smallest absolute Gasteiger partial charge is 0.206 e. The fourth-order valence-electron chi connectivity index (χ4n) is 1.73. The van der Waals surface area contributed by atoms with Crippen LogP contribution in [0.5, 0.6) is 0 Å². The maximum absolute atomic E-state index is 5.77. The normalized spacial score (nSPS) is 13.6. The summed E-state index contributed by atoms with van der Waals surface area (Å²) in [6.07, 6.45) is 4.74. The van der Waals surface area contributed by atoms with E-state index in [4.69, 9.17) is 15.0 Å². The van der Waals surface area contributed by atoms with Crippen molar-refractivity contribution in [2.75, 3.05) is 6.61 Å². The van der Waals surface area contributed by atoms with E-state index in [0.717, 1.165) is 12.2 Å². The largest absolute Gasteiger partial charge is 0.458 e. The van der Waals surface area contributed by atoms with Gasteiger partial charge in [0.15, 0.2) is 5.76 Å². The van der Waals surface area contributed by atoms with E-state index in [-0.39, 0.29) is 0 Å². The van der Waals surface area contributed by atoms with Gasteiger partial charge in [-0.25, -0.2) is 0 Å². The SMILES string of the molecule is CCCC[C@@H](CC)CO/N=C(\N)c1ccc(C)o1. The van der Waals surface area contributed by atoms with Gasteiger partial charge in [-0.15, -0.1) is 0 Å². The van der Waals surface area contributed by atoms with Crippen LogP contribution in [0.15, 0.2) is 21.7 Å². The van der Waals surface area contributed by atoms with Crippen molar-refractivity contribution < 1.29 is 9.25 Å². The van der Waals surface area contributed by atoms with E-state index in [0.29, 0.717) is 24.1 Å². The molecule has 0 amide bonds. The molecule has 1 rings (SSSR count). The van der Waals surface area contributed by atoms with Crippen molar-refractivity contribution >= 4 is 5.84 Å². The van der Waals surface area contributed by atoms with Crippen molar-refractivity contribution in [3.05, 3.63) is 23.7 Å². The standard InChI is InChI=1S/C14H24N2O2/c1-4-6-7-12(5-2)10-17-16-14(15)13-9-8-11(3)18-13/h8-9,12H,4-7,10H2,1-3H3,(H2,15,16)/t12-/m1/s1. The van der Waals surface area contributed by atoms with Gasteiger partial charge in [0, 0.05) is 0 Å². The molecular formula is C14H24N2O2. The summed E-state index contributed by atoms with van der Waals surface area (Å²) in [4.78, 5) is 5.31. The summed E-state index contributed by atoms with van der Waals surface area (Å²) < 4.78 is 5.36. The molecule has 0 spiro atoms. The van der Waals surface area contributed by atoms with Gasteiger partial charge >= 0.3 is 0 Å². The zero-order valence-corrected chi connectivity index (χ0v) is 11.6. The fourth-order valence-corrected chi connectivity index (χ4v) is 1.73. The van der Waals surface area contributed by atoms with Crippen LogP contribution in [-0.2, 0) is 4.84 Å². The van der Waals surface area contributed by atoms with Gasteiger partial charge in [0.05, 0.1) is 0 Å². The first-order chi connectivity index (χ1) is 8.67. The minimum atomic E-state index is 0.299. The quantitative estimate of drug-likeness (QED) is 0.438. The molecule has 0 aliphatic rings. The van der Waals surface area contributed by atoms with Crippen LogP contribution >= 0.6 is 0 Å². The first-order valence-corrected chi connectivity index (χ1v) is 6.69. The van der Waals surface area contributed by atoms with Gasteiger partial charge in [-0.3, -0.25) is 0 Å². The molecule has 1 heterocycles. The highest BCUT2D eigenvalue weighted by Crippen LogP contribution is 2.13. The molecule has 0 aliphatic heterocycles. The van der Waals surface area contributed by atoms with Crippen molar-refractivity contribution in [2.45, 2.75) is 46.5 Å². The van der Waals surface area contributed by atoms with Crippen LogP contribution in [0.25, 0.3) is 0 Å². The maximum atomic E-state index is 5.77. The van der Waals surface area contributed by atoms with Gasteiger partial charge in [0.1, 0.15) is 12.4 Å². The topological polar surface area (TPSA) is 60.8 Å². The fraction of sp³-hybridized carbons (Fsp3) is 0.643. The monoisotopic (exact) mass is 252 g/mol. The van der Waals surface area contributed by atoms with Gasteiger partial charge in [-0.05, 0) is 37.8 Å². The van der Waals surface area contributed by atoms with Crippen LogP contribution < -0.4 is 5.73 Å². The lowest BCUT2D eigenvalue weighted by Gasteiger charge is -2.12. The Hall–Kier alpha value is -1.45. The Balaban J connectivity index is 2.38. The molecule has 18 heavy (non-hydrogen) atoms. The minimum absolute atomic E-state index is 0.299. The first-order valence-electron chi connectivity index (χ1n) is 6.69. The third-order valence-corrected chi connectivity index (χ3v) is 3.01. The molecule has 1 aromatic rings. The predicted molar refractivity (Wildman–Crippen MR) is 73.4 cm³/mol. The minimum Gasteiger partial charge on any atom is -0.458 e. The molecule has 0 fully saturated rings. The molecule has 102 valence electrons. The van der Waals surface area contributed by atoms with Crippen LogP contribution in [0.2, 0.25) is 0 Å². The maximum Gasteiger partial charge on any atom is 0.206 e. The van der Waals surface area contributed by atoms with E-state index in [9.17, 15) is 0 Å². The molecule has 0 saturated carbocycles. The third-order valence-electron chi connectivity index (χ3n) is 3.01. The summed E-state index contributed by atoms with van der Waals surface area (Å²) in [5, 5.41) is 3.90. The van der Waals surface area contributed by atoms with E-state index in [1.165, 1.54) is 19.3 Å². The molecule has 0 aliphatic carbocycles. The molecule has 0 aromatic carbocycles. The summed E-state index contributed by atoms with van der Waals surface area (Å²) in [7, 11) is 0. The summed E-state index contributed by atoms with van der Waals surface area (Å²) in [6, 6.07) is 3.65. The van der Waals surface area contributed by atoms with Crippen molar-refractivity contribution in [2.24, 2.45) is 16.8 Å². The van der Waals surface area contributed by atoms with Crippen LogP contribution in [0.4, 0.5) is 0 Å². The molecule has 0 bridgehead atoms. The van der Waals surface area contributed by atoms with E-state index in [2.05, 4.69) is 19.0 Å². The summed E-state index contributed by atoms with van der Waals surface area (Å²) >= 11 is 0. The Morgan fingerprint density at radius 1 is 1.44 bits per heavy atom. The Kier molecular flexibility index (Phi) is 6.33. The highest BCUT2D eigenvalue weighted by atomic mass is 16.6. The van der Waals surface area contributed by atoms with Gasteiger partial charge < -0.3 is 15.0 Å². The molecule has 0 unspecified atom stereocenters. The number of aryl methyl sites for hydroxylation is 1. The number of hydrogen-bond acceptors (Lipinski definition) is 3. The van der Waals surface area contributed by atoms with E-state index < -0.39 is 0 Å². The van der Waals surface area contributed by atoms with Crippen LogP contribution in [-0.4, -0.2) is 12.4 Å². The Bertz CT molecular complexity index is 372. The third kappa shape index (κ3) is 4.82. The number of furan rings is 1. The molecular weight excluding hydrogens is 228 g/mol. The second-order valence-electron chi connectivity index (χ2n) is 4.60. The number of nitrogens with two attached hydrogens (primary N) is 1. The highest BCUT2D eigenvalue weighted by Gasteiger charge is 2.07. The van der Waals surface area contributed by atoms with Gasteiger partial charge in [-0.1, -0.05) is 31.8 Å². The van der Waals surface area contributed by atoms with Crippen molar-refractivity contribution in [1.82, 2.24) is 0 Å². The first kappa shape index (κ1) is 14.6. The molecule has 2 N–H and O–H groups in total. The molecule has 0 radical (unpaired) electrons. The molecule has 0 saturated heterocycles. The number of rotatable bonds is 8. The van der Waals surface area contributed by atoms with E-state index in [1.54, 1.807) is 6.07 Å². The number of hydrogen-bond donors (Lipinski definition) is 1. The lowest BCUT2D eigenvalue weighted by Crippen LogP contribution is -2.14. The lowest BCUT2D eigenvalue weighted by atomic mass is 10.0. The van der Waals surface area contributed by atoms with Gasteiger partial charge in [0.2, 0.25) is 5.84 Å². The average Bonchev–Trinajstić information content (AvgIpc) is 2.80. The molecule has 1 aromatic heterocycles. The molecule has 4 nitrogen and oxygen atoms in total. The number of nitrogens with zero attached hydrogens (tertiary/aromatic N) is 1. The Morgan fingerprint density at radius 3 is 2.78 bits per heavy atom. The lowest BCUT2D eigenvalue weighted by molar-refractivity contribution is 0.101. The summed E-state index contributed by atoms with van der Waals surface area (Å²) in [5.74, 6) is 2.24. The predicted octanol–water partition coefficient (Wildman–Crippen LogP) is 3.44. The Morgan fingerprint density at radius 2 is 2.22 bits per heavy atom. The zero-order valence-electron chi connectivity index (χ0n) is 11.6. The van der Waals surface area contributed by atoms with Gasteiger partial charge in [0.25, 0.3) is 0 Å². The van der Waals surface area contributed by atoms with E-state index in [1.807, 2.05) is 13.0 Å². The van der Waals surface area contributed by atoms with Crippen LogP contribution in [0, 0.1) is 12.8 Å². The van der Waals surface area contributed by atoms with Crippen LogP contribution in [0.1, 0.15) is 51.1 Å². The second-order valence-corrected chi connectivity index (χ2v) is 4.60. The van der Waals surface area contributed by atoms with E-state index >= 15 is 0 Å². The van der Waals surface area contributed by atoms with Crippen molar-refractivity contribution in [3.8, 4) is 0 Å². The molecule has 4 heteroatoms. The molecule has 1 atom stereocenters. The highest BCUT2D eigenvalue weighted by molar-refractivity contribution is 5.94. The number of oxime groups is 1. The number of amidine groups is 1. The van der Waals surface area contributed by atoms with Crippen molar-refractivity contribution in [3.63, 3.8) is 0 Å². The second kappa shape index (κ2) is 7.80. The van der Waals surface area contributed by atoms with Crippen LogP contribution in [0.3, 0.4) is 0 Å². The zero-order chi connectivity index (χ0) is 13.4.